The summed E-state index contributed by atoms with van der Waals surface area (Å²) in [5.41, 5.74) is 15.4. The van der Waals surface area contributed by atoms with Crippen LogP contribution in [0.3, 0.4) is 0 Å². The van der Waals surface area contributed by atoms with E-state index in [0.717, 1.165) is 0 Å². The van der Waals surface area contributed by atoms with E-state index >= 15 is 0 Å². The molecule has 1 aromatic heterocycles. The fourth-order valence-corrected chi connectivity index (χ4v) is 0.680. The molecule has 0 atom stereocenters. The minimum absolute atomic E-state index is 0.109. The molecule has 0 saturated heterocycles. The van der Waals surface area contributed by atoms with Gasteiger partial charge < -0.3 is 17.2 Å². The number of hydrogen-bond acceptors (Lipinski definition) is 7. The van der Waals surface area contributed by atoms with Gasteiger partial charge in [0.15, 0.2) is 0 Å². The molecule has 1 rings (SSSR count). The number of anilines is 3. The Morgan fingerprint density at radius 2 is 1.69 bits per heavy atom. The molecule has 6 N–H and O–H groups in total. The van der Waals surface area contributed by atoms with Gasteiger partial charge in [0.2, 0.25) is 11.9 Å². The minimum Gasteiger partial charge on any atom is -0.368 e. The number of hydrogen-bond donors (Lipinski definition) is 4. The third-order valence-corrected chi connectivity index (χ3v) is 1.43. The van der Waals surface area contributed by atoms with Gasteiger partial charge in [-0.25, -0.2) is 9.10 Å². The van der Waals surface area contributed by atoms with Crippen LogP contribution in [0.4, 0.5) is 22.6 Å². The van der Waals surface area contributed by atoms with Crippen LogP contribution in [0.2, 0.25) is 0 Å². The molecule has 0 unspecified atom stereocenters. The standard InChI is InChI=1S/C4H7N7OS/c5-1-8-2(6)10-4(9-1)11(13)3(7)12/h13H,(H2,7,12)(H4,5,6,8,9,10). The third-order valence-electron chi connectivity index (χ3n) is 1.06. The highest BCUT2D eigenvalue weighted by atomic mass is 32.1. The van der Waals surface area contributed by atoms with Crippen molar-refractivity contribution in [3.63, 3.8) is 0 Å². The topological polar surface area (TPSA) is 137 Å². The van der Waals surface area contributed by atoms with Crippen molar-refractivity contribution in [3.05, 3.63) is 0 Å². The molecule has 2 amide bonds. The molecule has 1 heterocycles. The molecular formula is C4H7N7OS. The lowest BCUT2D eigenvalue weighted by molar-refractivity contribution is 0.257. The summed E-state index contributed by atoms with van der Waals surface area (Å²) in [4.78, 5) is 21.3. The number of aromatic nitrogens is 3. The van der Waals surface area contributed by atoms with E-state index in [1.807, 2.05) is 0 Å². The Kier molecular flexibility index (Phi) is 2.37. The van der Waals surface area contributed by atoms with Gasteiger partial charge in [-0.05, 0) is 0 Å². The number of thiol groups is 1. The van der Waals surface area contributed by atoms with Gasteiger partial charge >= 0.3 is 6.03 Å². The van der Waals surface area contributed by atoms with E-state index in [-0.39, 0.29) is 17.8 Å². The minimum atomic E-state index is -0.840. The van der Waals surface area contributed by atoms with Crippen molar-refractivity contribution in [2.24, 2.45) is 5.73 Å². The van der Waals surface area contributed by atoms with Crippen molar-refractivity contribution in [2.45, 2.75) is 0 Å². The van der Waals surface area contributed by atoms with E-state index in [2.05, 4.69) is 27.8 Å². The summed E-state index contributed by atoms with van der Waals surface area (Å²) in [6.45, 7) is 0. The monoisotopic (exact) mass is 201 g/mol. The SMILES string of the molecule is NC(=O)N(S)c1nc(N)nc(N)n1. The molecule has 0 aliphatic carbocycles. The fraction of sp³-hybridized carbons (Fsp3) is 0. The maximum Gasteiger partial charge on any atom is 0.331 e. The molecule has 0 aromatic carbocycles. The van der Waals surface area contributed by atoms with Crippen LogP contribution < -0.4 is 21.5 Å². The number of rotatable bonds is 1. The highest BCUT2D eigenvalue weighted by Crippen LogP contribution is 2.11. The number of amides is 2. The summed E-state index contributed by atoms with van der Waals surface area (Å²) in [5, 5.41) is 0. The Balaban J connectivity index is 3.07. The fourth-order valence-electron chi connectivity index (χ4n) is 0.591. The van der Waals surface area contributed by atoms with Gasteiger partial charge in [-0.1, -0.05) is 12.8 Å². The maximum absolute atomic E-state index is 10.6. The van der Waals surface area contributed by atoms with Gasteiger partial charge in [-0.2, -0.15) is 15.0 Å². The van der Waals surface area contributed by atoms with Gasteiger partial charge in [0.1, 0.15) is 0 Å². The van der Waals surface area contributed by atoms with Crippen molar-refractivity contribution < 1.29 is 4.79 Å². The molecule has 0 radical (unpaired) electrons. The van der Waals surface area contributed by atoms with Crippen LogP contribution in [-0.2, 0) is 0 Å². The van der Waals surface area contributed by atoms with Crippen LogP contribution in [0, 0.1) is 0 Å². The Labute approximate surface area is 78.7 Å². The van der Waals surface area contributed by atoms with Gasteiger partial charge in [0, 0.05) is 0 Å². The van der Waals surface area contributed by atoms with Crippen LogP contribution in [0.5, 0.6) is 0 Å². The zero-order valence-electron chi connectivity index (χ0n) is 6.38. The van der Waals surface area contributed by atoms with Crippen molar-refractivity contribution in [3.8, 4) is 0 Å². The van der Waals surface area contributed by atoms with Crippen molar-refractivity contribution >= 4 is 36.7 Å². The van der Waals surface area contributed by atoms with E-state index in [4.69, 9.17) is 17.2 Å². The first kappa shape index (κ1) is 9.32. The molecule has 13 heavy (non-hydrogen) atoms. The van der Waals surface area contributed by atoms with Crippen LogP contribution in [0.1, 0.15) is 0 Å². The largest absolute Gasteiger partial charge is 0.368 e. The Bertz CT molecular complexity index is 321. The molecule has 9 heteroatoms. The predicted octanol–water partition coefficient (Wildman–Crippen LogP) is -1.23. The van der Waals surface area contributed by atoms with E-state index in [1.54, 1.807) is 0 Å². The molecular weight excluding hydrogens is 194 g/mol. The zero-order valence-corrected chi connectivity index (χ0v) is 7.27. The molecule has 1 aromatic rings. The highest BCUT2D eigenvalue weighted by Gasteiger charge is 2.12. The second-order valence-corrected chi connectivity index (χ2v) is 2.40. The summed E-state index contributed by atoms with van der Waals surface area (Å²) in [7, 11) is 0. The van der Waals surface area contributed by atoms with E-state index in [1.165, 1.54) is 0 Å². The zero-order chi connectivity index (χ0) is 10.0. The number of urea groups is 1. The number of nitrogens with two attached hydrogens (primary N) is 3. The molecule has 8 nitrogen and oxygen atoms in total. The molecule has 0 saturated carbocycles. The number of nitrogen functional groups attached to an aromatic ring is 2. The molecule has 70 valence electrons. The Morgan fingerprint density at radius 1 is 1.23 bits per heavy atom. The normalized spacial score (nSPS) is 9.62. The number of nitrogens with zero attached hydrogens (tertiary/aromatic N) is 4. The number of carbonyl (C=O) groups is 1. The lowest BCUT2D eigenvalue weighted by Gasteiger charge is -2.09. The second kappa shape index (κ2) is 3.31. The molecule has 0 fully saturated rings. The van der Waals surface area contributed by atoms with Gasteiger partial charge in [-0.3, -0.25) is 0 Å². The summed E-state index contributed by atoms with van der Waals surface area (Å²) >= 11 is 3.70. The van der Waals surface area contributed by atoms with Crippen molar-refractivity contribution in [2.75, 3.05) is 15.8 Å². The maximum atomic E-state index is 10.6. The third kappa shape index (κ3) is 2.08. The summed E-state index contributed by atoms with van der Waals surface area (Å²) in [6.07, 6.45) is 0. The Morgan fingerprint density at radius 3 is 2.08 bits per heavy atom. The summed E-state index contributed by atoms with van der Waals surface area (Å²) in [6, 6.07) is -0.840. The van der Waals surface area contributed by atoms with E-state index in [9.17, 15) is 4.79 Å². The second-order valence-electron chi connectivity index (χ2n) is 2.00. The molecule has 0 bridgehead atoms. The predicted molar refractivity (Wildman–Crippen MR) is 49.7 cm³/mol. The highest BCUT2D eigenvalue weighted by molar-refractivity contribution is 7.82. The lowest BCUT2D eigenvalue weighted by atomic mass is 10.8. The van der Waals surface area contributed by atoms with Crippen molar-refractivity contribution in [1.29, 1.82) is 0 Å². The first-order valence-electron chi connectivity index (χ1n) is 3.06. The quantitative estimate of drug-likeness (QED) is 0.419. The average Bonchev–Trinajstić information content (AvgIpc) is 2.01. The molecule has 0 aliphatic rings. The first-order chi connectivity index (χ1) is 6.00. The van der Waals surface area contributed by atoms with Crippen LogP contribution >= 0.6 is 12.8 Å². The van der Waals surface area contributed by atoms with Crippen molar-refractivity contribution in [1.82, 2.24) is 15.0 Å². The first-order valence-corrected chi connectivity index (χ1v) is 3.46. The van der Waals surface area contributed by atoms with Crippen LogP contribution in [0.15, 0.2) is 0 Å². The summed E-state index contributed by atoms with van der Waals surface area (Å²) in [5.74, 6) is -0.327. The lowest BCUT2D eigenvalue weighted by Crippen LogP contribution is -2.29. The van der Waals surface area contributed by atoms with Gasteiger partial charge in [0.25, 0.3) is 5.95 Å². The average molecular weight is 201 g/mol. The molecule has 0 aliphatic heterocycles. The molecule has 0 spiro atoms. The van der Waals surface area contributed by atoms with Crippen LogP contribution in [-0.4, -0.2) is 21.0 Å². The number of primary amides is 1. The smallest absolute Gasteiger partial charge is 0.331 e. The van der Waals surface area contributed by atoms with Gasteiger partial charge in [0.05, 0.1) is 0 Å². The van der Waals surface area contributed by atoms with Crippen LogP contribution in [0.25, 0.3) is 0 Å². The number of carbonyl (C=O) groups excluding carboxylic acids is 1. The van der Waals surface area contributed by atoms with Gasteiger partial charge in [-0.15, -0.1) is 0 Å². The van der Waals surface area contributed by atoms with E-state index in [0.29, 0.717) is 4.31 Å². The Hall–Kier alpha value is -1.77. The van der Waals surface area contributed by atoms with E-state index < -0.39 is 6.03 Å². The summed E-state index contributed by atoms with van der Waals surface area (Å²) < 4.78 is 0.703.